The average molecular weight is 524 g/mol. The summed E-state index contributed by atoms with van der Waals surface area (Å²) in [7, 11) is 0. The third-order valence-electron chi connectivity index (χ3n) is 4.11. The van der Waals surface area contributed by atoms with Gasteiger partial charge in [-0.1, -0.05) is 11.3 Å². The first-order valence-corrected chi connectivity index (χ1v) is 12.3. The van der Waals surface area contributed by atoms with Crippen molar-refractivity contribution < 1.29 is 22.7 Å². The molecule has 7 nitrogen and oxygen atoms in total. The zero-order valence-corrected chi connectivity index (χ0v) is 19.9. The summed E-state index contributed by atoms with van der Waals surface area (Å²) in [5, 5.41) is 17.3. The fourth-order valence-corrected chi connectivity index (χ4v) is 5.79. The molecule has 3 heterocycles. The van der Waals surface area contributed by atoms with Crippen LogP contribution in [0, 0.1) is 0 Å². The number of carbonyl (C=O) groups excluding carboxylic acids is 1. The summed E-state index contributed by atoms with van der Waals surface area (Å²) < 4.78 is 40.8. The molecule has 2 N–H and O–H groups in total. The number of carbonyl (C=O) groups is 1. The van der Waals surface area contributed by atoms with Gasteiger partial charge in [-0.3, -0.25) is 4.79 Å². The molecule has 0 atom stereocenters. The van der Waals surface area contributed by atoms with E-state index in [1.807, 2.05) is 23.6 Å². The van der Waals surface area contributed by atoms with Gasteiger partial charge in [-0.15, -0.1) is 46.5 Å². The number of pyridine rings is 1. The zero-order chi connectivity index (χ0) is 24.1. The lowest BCUT2D eigenvalue weighted by atomic mass is 10.3. The number of nitrogens with one attached hydrogen (secondary N) is 2. The van der Waals surface area contributed by atoms with Gasteiger partial charge in [0.1, 0.15) is 11.6 Å². The third-order valence-corrected chi connectivity index (χ3v) is 7.27. The van der Waals surface area contributed by atoms with Crippen LogP contribution in [0.1, 0.15) is 12.5 Å². The van der Waals surface area contributed by atoms with Crippen LogP contribution in [-0.4, -0.2) is 27.5 Å². The topological polar surface area (TPSA) is 89.0 Å². The van der Waals surface area contributed by atoms with Gasteiger partial charge in [-0.25, -0.2) is 4.98 Å². The molecule has 13 heteroatoms. The second-order valence-corrected chi connectivity index (χ2v) is 9.65. The van der Waals surface area contributed by atoms with E-state index in [1.54, 1.807) is 29.3 Å². The van der Waals surface area contributed by atoms with E-state index in [9.17, 15) is 18.0 Å². The Bertz CT molecular complexity index is 1280. The maximum Gasteiger partial charge on any atom is 0.573 e. The molecule has 0 radical (unpaired) electrons. The lowest BCUT2D eigenvalue weighted by Crippen LogP contribution is -2.16. The van der Waals surface area contributed by atoms with Gasteiger partial charge in [0, 0.05) is 29.5 Å². The summed E-state index contributed by atoms with van der Waals surface area (Å²) in [6, 6.07) is 11.1. The van der Waals surface area contributed by atoms with Crippen molar-refractivity contribution in [2.45, 2.75) is 23.9 Å². The van der Waals surface area contributed by atoms with Gasteiger partial charge in [0.25, 0.3) is 0 Å². The van der Waals surface area contributed by atoms with Crippen molar-refractivity contribution in [3.8, 4) is 15.6 Å². The predicted molar refractivity (Wildman–Crippen MR) is 128 cm³/mol. The maximum atomic E-state index is 12.3. The van der Waals surface area contributed by atoms with Gasteiger partial charge in [-0.2, -0.15) is 0 Å². The van der Waals surface area contributed by atoms with Gasteiger partial charge >= 0.3 is 6.36 Å². The molecule has 4 aromatic rings. The van der Waals surface area contributed by atoms with Crippen LogP contribution >= 0.6 is 34.4 Å². The first-order chi connectivity index (χ1) is 16.2. The molecule has 0 bridgehead atoms. The molecule has 0 fully saturated rings. The first kappa shape index (κ1) is 24.0. The van der Waals surface area contributed by atoms with Gasteiger partial charge in [0.15, 0.2) is 5.01 Å². The lowest BCUT2D eigenvalue weighted by Gasteiger charge is -2.09. The Morgan fingerprint density at radius 3 is 2.68 bits per heavy atom. The Balaban J connectivity index is 1.40. The number of nitrogens with zero attached hydrogens (tertiary/aromatic N) is 3. The van der Waals surface area contributed by atoms with Gasteiger partial charge in [0.05, 0.1) is 4.88 Å². The van der Waals surface area contributed by atoms with E-state index in [4.69, 9.17) is 0 Å². The van der Waals surface area contributed by atoms with Crippen molar-refractivity contribution in [3.05, 3.63) is 59.6 Å². The van der Waals surface area contributed by atoms with Crippen molar-refractivity contribution in [1.29, 1.82) is 0 Å². The van der Waals surface area contributed by atoms with Gasteiger partial charge in [-0.05, 0) is 53.4 Å². The SMILES string of the molecule is CC(=O)Nc1cc(CSc2ccsc2-c2nnc(Nc3ccc(OC(F)(F)F)cc3)s2)ccn1. The molecule has 3 aromatic heterocycles. The third kappa shape index (κ3) is 6.68. The number of aromatic nitrogens is 3. The average Bonchev–Trinajstić information content (AvgIpc) is 3.41. The Morgan fingerprint density at radius 1 is 1.15 bits per heavy atom. The highest BCUT2D eigenvalue weighted by Gasteiger charge is 2.31. The summed E-state index contributed by atoms with van der Waals surface area (Å²) >= 11 is 4.51. The van der Waals surface area contributed by atoms with E-state index < -0.39 is 6.36 Å². The molecule has 176 valence electrons. The Kier molecular flexibility index (Phi) is 7.34. The van der Waals surface area contributed by atoms with Crippen molar-refractivity contribution >= 4 is 57.0 Å². The monoisotopic (exact) mass is 523 g/mol. The number of thioether (sulfide) groups is 1. The Labute approximate surface area is 204 Å². The number of rotatable bonds is 8. The molecule has 0 saturated carbocycles. The number of hydrogen-bond donors (Lipinski definition) is 2. The van der Waals surface area contributed by atoms with Gasteiger partial charge < -0.3 is 15.4 Å². The fraction of sp³-hybridized carbons (Fsp3) is 0.143. The molecular weight excluding hydrogens is 507 g/mol. The molecule has 1 aromatic carbocycles. The number of thiophene rings is 1. The van der Waals surface area contributed by atoms with E-state index in [0.717, 1.165) is 20.3 Å². The first-order valence-electron chi connectivity index (χ1n) is 9.65. The second kappa shape index (κ2) is 10.4. The number of anilines is 3. The van der Waals surface area contributed by atoms with E-state index in [2.05, 4.69) is 30.6 Å². The molecule has 4 rings (SSSR count). The molecule has 0 unspecified atom stereocenters. The molecule has 0 aliphatic carbocycles. The highest BCUT2D eigenvalue weighted by molar-refractivity contribution is 7.98. The zero-order valence-electron chi connectivity index (χ0n) is 17.4. The number of benzene rings is 1. The van der Waals surface area contributed by atoms with Crippen molar-refractivity contribution in [3.63, 3.8) is 0 Å². The van der Waals surface area contributed by atoms with E-state index in [-0.39, 0.29) is 11.7 Å². The molecule has 0 spiro atoms. The number of hydrogen-bond acceptors (Lipinski definition) is 9. The number of alkyl halides is 3. The van der Waals surface area contributed by atoms with E-state index in [1.165, 1.54) is 42.5 Å². The van der Waals surface area contributed by atoms with Crippen molar-refractivity contribution in [2.24, 2.45) is 0 Å². The molecule has 0 aliphatic heterocycles. The fourth-order valence-electron chi connectivity index (χ4n) is 2.77. The predicted octanol–water partition coefficient (Wildman–Crippen LogP) is 6.55. The molecule has 34 heavy (non-hydrogen) atoms. The van der Waals surface area contributed by atoms with Crippen LogP contribution in [0.2, 0.25) is 0 Å². The van der Waals surface area contributed by atoms with Crippen LogP contribution in [0.3, 0.4) is 0 Å². The molecule has 1 amide bonds. The summed E-state index contributed by atoms with van der Waals surface area (Å²) in [5.41, 5.74) is 1.57. The van der Waals surface area contributed by atoms with Crippen LogP contribution in [0.15, 0.2) is 58.9 Å². The summed E-state index contributed by atoms with van der Waals surface area (Å²) in [6.45, 7) is 1.43. The van der Waals surface area contributed by atoms with Crippen molar-refractivity contribution in [2.75, 3.05) is 10.6 Å². The quantitative estimate of drug-likeness (QED) is 0.253. The van der Waals surface area contributed by atoms with Crippen LogP contribution in [-0.2, 0) is 10.5 Å². The minimum absolute atomic E-state index is 0.177. The smallest absolute Gasteiger partial charge is 0.406 e. The minimum atomic E-state index is -4.73. The van der Waals surface area contributed by atoms with E-state index >= 15 is 0 Å². The van der Waals surface area contributed by atoms with Crippen LogP contribution < -0.4 is 15.4 Å². The molecular formula is C21H16F3N5O2S3. The normalized spacial score (nSPS) is 11.3. The Hall–Kier alpha value is -3.16. The minimum Gasteiger partial charge on any atom is -0.406 e. The van der Waals surface area contributed by atoms with Crippen LogP contribution in [0.4, 0.5) is 29.8 Å². The standard InChI is InChI=1S/C21H16F3N5O2S3/c1-12(30)26-17-10-13(6-8-25-17)11-33-16-7-9-32-18(16)19-28-29-20(34-19)27-14-2-4-15(5-3-14)31-21(22,23)24/h2-10H,11H2,1H3,(H,27,29)(H,25,26,30). The van der Waals surface area contributed by atoms with Crippen LogP contribution in [0.25, 0.3) is 9.88 Å². The summed E-state index contributed by atoms with van der Waals surface area (Å²) in [6.07, 6.45) is -3.08. The highest BCUT2D eigenvalue weighted by atomic mass is 32.2. The van der Waals surface area contributed by atoms with E-state index in [0.29, 0.717) is 22.4 Å². The maximum absolute atomic E-state index is 12.3. The largest absolute Gasteiger partial charge is 0.573 e. The summed E-state index contributed by atoms with van der Waals surface area (Å²) in [5.74, 6) is 0.710. The summed E-state index contributed by atoms with van der Waals surface area (Å²) in [4.78, 5) is 17.4. The molecule has 0 aliphatic rings. The second-order valence-electron chi connectivity index (χ2n) is 6.74. The Morgan fingerprint density at radius 2 is 1.94 bits per heavy atom. The van der Waals surface area contributed by atoms with Crippen molar-refractivity contribution in [1.82, 2.24) is 15.2 Å². The number of ether oxygens (including phenoxy) is 1. The number of halogens is 3. The van der Waals surface area contributed by atoms with Gasteiger partial charge in [0.2, 0.25) is 11.0 Å². The number of amides is 1. The highest BCUT2D eigenvalue weighted by Crippen LogP contribution is 2.40. The molecule has 0 saturated heterocycles. The van der Waals surface area contributed by atoms with Crippen LogP contribution in [0.5, 0.6) is 5.75 Å². The lowest BCUT2D eigenvalue weighted by molar-refractivity contribution is -0.274.